The average molecular weight is 340 g/mol. The van der Waals surface area contributed by atoms with Crippen LogP contribution in [-0.4, -0.2) is 24.5 Å². The van der Waals surface area contributed by atoms with E-state index in [4.69, 9.17) is 4.74 Å². The highest BCUT2D eigenvalue weighted by Crippen LogP contribution is 2.19. The van der Waals surface area contributed by atoms with Gasteiger partial charge >= 0.3 is 0 Å². The van der Waals surface area contributed by atoms with Gasteiger partial charge < -0.3 is 10.1 Å². The fourth-order valence-electron chi connectivity index (χ4n) is 2.40. The molecule has 0 bridgehead atoms. The summed E-state index contributed by atoms with van der Waals surface area (Å²) in [6, 6.07) is 12.0. The summed E-state index contributed by atoms with van der Waals surface area (Å²) in [5, 5.41) is 13.5. The molecule has 6 nitrogen and oxygen atoms in total. The van der Waals surface area contributed by atoms with Crippen LogP contribution in [0.15, 0.2) is 48.5 Å². The normalized spacial score (nSPS) is 10.6. The van der Waals surface area contributed by atoms with Crippen LogP contribution in [0.1, 0.15) is 16.7 Å². The number of nitrogens with zero attached hydrogens (tertiary/aromatic N) is 1. The number of non-ortho nitro benzene ring substituents is 1. The van der Waals surface area contributed by atoms with Gasteiger partial charge in [-0.3, -0.25) is 14.9 Å². The van der Waals surface area contributed by atoms with Gasteiger partial charge in [0.15, 0.2) is 0 Å². The smallest absolute Gasteiger partial charge is 0.270 e. The Morgan fingerprint density at radius 1 is 1.28 bits per heavy atom. The lowest BCUT2D eigenvalue weighted by Crippen LogP contribution is -2.23. The number of nitro benzene ring substituents is 1. The topological polar surface area (TPSA) is 81.5 Å². The minimum atomic E-state index is -0.466. The Hall–Kier alpha value is -3.15. The highest BCUT2D eigenvalue weighted by atomic mass is 16.6. The lowest BCUT2D eigenvalue weighted by Gasteiger charge is -2.09. The zero-order chi connectivity index (χ0) is 18.2. The van der Waals surface area contributed by atoms with E-state index in [1.54, 1.807) is 25.3 Å². The summed E-state index contributed by atoms with van der Waals surface area (Å²) in [5.41, 5.74) is 2.76. The molecule has 0 spiro atoms. The van der Waals surface area contributed by atoms with Gasteiger partial charge in [-0.2, -0.15) is 0 Å². The second-order valence-corrected chi connectivity index (χ2v) is 5.54. The van der Waals surface area contributed by atoms with Gasteiger partial charge in [-0.1, -0.05) is 29.8 Å². The molecule has 2 rings (SSSR count). The molecule has 2 aromatic rings. The minimum absolute atomic E-state index is 0.00546. The molecule has 0 saturated heterocycles. The van der Waals surface area contributed by atoms with Crippen LogP contribution in [0.2, 0.25) is 0 Å². The third-order valence-corrected chi connectivity index (χ3v) is 3.64. The highest BCUT2D eigenvalue weighted by Gasteiger charge is 2.05. The molecule has 1 N–H and O–H groups in total. The van der Waals surface area contributed by atoms with Crippen molar-refractivity contribution in [3.63, 3.8) is 0 Å². The van der Waals surface area contributed by atoms with Crippen LogP contribution >= 0.6 is 0 Å². The monoisotopic (exact) mass is 340 g/mol. The summed E-state index contributed by atoms with van der Waals surface area (Å²) in [6.07, 6.45) is 3.57. The van der Waals surface area contributed by atoms with Gasteiger partial charge in [0.25, 0.3) is 5.69 Å². The van der Waals surface area contributed by atoms with Crippen molar-refractivity contribution in [1.82, 2.24) is 5.32 Å². The summed E-state index contributed by atoms with van der Waals surface area (Å²) in [4.78, 5) is 22.2. The van der Waals surface area contributed by atoms with E-state index < -0.39 is 4.92 Å². The second-order valence-electron chi connectivity index (χ2n) is 5.54. The predicted molar refractivity (Wildman–Crippen MR) is 96.6 cm³/mol. The van der Waals surface area contributed by atoms with E-state index in [2.05, 4.69) is 5.32 Å². The number of methoxy groups -OCH3 is 1. The van der Waals surface area contributed by atoms with Gasteiger partial charge in [0.05, 0.1) is 12.0 Å². The summed E-state index contributed by atoms with van der Waals surface area (Å²) in [6.45, 7) is 2.47. The van der Waals surface area contributed by atoms with E-state index in [9.17, 15) is 14.9 Å². The Morgan fingerprint density at radius 3 is 2.80 bits per heavy atom. The van der Waals surface area contributed by atoms with Gasteiger partial charge in [0, 0.05) is 24.8 Å². The fourth-order valence-corrected chi connectivity index (χ4v) is 2.40. The van der Waals surface area contributed by atoms with E-state index in [0.29, 0.717) is 18.5 Å². The molecule has 0 aromatic heterocycles. The Balaban J connectivity index is 1.90. The first kappa shape index (κ1) is 18.2. The number of hydrogen-bond acceptors (Lipinski definition) is 4. The summed E-state index contributed by atoms with van der Waals surface area (Å²) < 4.78 is 5.31. The van der Waals surface area contributed by atoms with Crippen LogP contribution in [0.25, 0.3) is 6.08 Å². The lowest BCUT2D eigenvalue weighted by molar-refractivity contribution is -0.384. The van der Waals surface area contributed by atoms with Crippen LogP contribution in [0.3, 0.4) is 0 Å². The largest absolute Gasteiger partial charge is 0.496 e. The van der Waals surface area contributed by atoms with Crippen LogP contribution in [0, 0.1) is 17.0 Å². The Morgan fingerprint density at radius 2 is 2.08 bits per heavy atom. The van der Waals surface area contributed by atoms with E-state index >= 15 is 0 Å². The van der Waals surface area contributed by atoms with Crippen LogP contribution in [0.4, 0.5) is 5.69 Å². The average Bonchev–Trinajstić information content (AvgIpc) is 2.60. The van der Waals surface area contributed by atoms with Crippen molar-refractivity contribution in [3.05, 3.63) is 75.3 Å². The Bertz CT molecular complexity index is 800. The first-order chi connectivity index (χ1) is 12.0. The number of aryl methyl sites for hydroxylation is 1. The number of rotatable bonds is 7. The molecule has 130 valence electrons. The quantitative estimate of drug-likeness (QED) is 0.476. The van der Waals surface area contributed by atoms with Gasteiger partial charge in [0.2, 0.25) is 5.91 Å². The van der Waals surface area contributed by atoms with E-state index in [1.165, 1.54) is 18.2 Å². The molecule has 0 aliphatic heterocycles. The highest BCUT2D eigenvalue weighted by molar-refractivity contribution is 5.91. The predicted octanol–water partition coefficient (Wildman–Crippen LogP) is 3.28. The van der Waals surface area contributed by atoms with Gasteiger partial charge in [-0.15, -0.1) is 0 Å². The zero-order valence-corrected chi connectivity index (χ0v) is 14.2. The Kier molecular flexibility index (Phi) is 6.28. The van der Waals surface area contributed by atoms with Crippen molar-refractivity contribution < 1.29 is 14.5 Å². The maximum absolute atomic E-state index is 11.9. The molecule has 1 amide bonds. The molecular weight excluding hydrogens is 320 g/mol. The van der Waals surface area contributed by atoms with Crippen molar-refractivity contribution in [1.29, 1.82) is 0 Å². The number of carbonyl (C=O) groups excluding carboxylic acids is 1. The SMILES string of the molecule is COc1ccc(C)cc1CCNC(=O)/C=C/c1cccc([N+](=O)[O-])c1. The number of ether oxygens (including phenoxy) is 1. The van der Waals surface area contributed by atoms with Crippen molar-refractivity contribution in [2.45, 2.75) is 13.3 Å². The molecule has 0 unspecified atom stereocenters. The molecule has 0 fully saturated rings. The molecular formula is C19H20N2O4. The Labute approximate surface area is 146 Å². The number of hydrogen-bond donors (Lipinski definition) is 1. The van der Waals surface area contributed by atoms with Crippen molar-refractivity contribution in [3.8, 4) is 5.75 Å². The zero-order valence-electron chi connectivity index (χ0n) is 14.2. The lowest BCUT2D eigenvalue weighted by atomic mass is 10.1. The standard InChI is InChI=1S/C19H20N2O4/c1-14-6-8-18(25-2)16(12-14)10-11-20-19(22)9-7-15-4-3-5-17(13-15)21(23)24/h3-9,12-13H,10-11H2,1-2H3,(H,20,22)/b9-7+. The summed E-state index contributed by atoms with van der Waals surface area (Å²) in [7, 11) is 1.62. The third-order valence-electron chi connectivity index (χ3n) is 3.64. The number of carbonyl (C=O) groups is 1. The number of nitrogens with one attached hydrogen (secondary N) is 1. The van der Waals surface area contributed by atoms with Crippen molar-refractivity contribution in [2.24, 2.45) is 0 Å². The number of benzene rings is 2. The molecule has 0 heterocycles. The summed E-state index contributed by atoms with van der Waals surface area (Å²) >= 11 is 0. The van der Waals surface area contributed by atoms with Gasteiger partial charge in [0.1, 0.15) is 5.75 Å². The molecule has 0 aliphatic carbocycles. The van der Waals surface area contributed by atoms with E-state index in [-0.39, 0.29) is 11.6 Å². The minimum Gasteiger partial charge on any atom is -0.496 e. The maximum Gasteiger partial charge on any atom is 0.270 e. The molecule has 25 heavy (non-hydrogen) atoms. The molecule has 0 aliphatic rings. The van der Waals surface area contributed by atoms with Crippen molar-refractivity contribution >= 4 is 17.7 Å². The summed E-state index contributed by atoms with van der Waals surface area (Å²) in [5.74, 6) is 0.546. The molecule has 0 saturated carbocycles. The number of amides is 1. The number of nitro groups is 1. The molecule has 0 radical (unpaired) electrons. The van der Waals surface area contributed by atoms with E-state index in [0.717, 1.165) is 16.9 Å². The van der Waals surface area contributed by atoms with E-state index in [1.807, 2.05) is 25.1 Å². The first-order valence-corrected chi connectivity index (χ1v) is 7.83. The third kappa shape index (κ3) is 5.46. The van der Waals surface area contributed by atoms with Crippen LogP contribution in [0.5, 0.6) is 5.75 Å². The molecule has 0 atom stereocenters. The van der Waals surface area contributed by atoms with Gasteiger partial charge in [-0.25, -0.2) is 0 Å². The first-order valence-electron chi connectivity index (χ1n) is 7.83. The van der Waals surface area contributed by atoms with Gasteiger partial charge in [-0.05, 0) is 36.6 Å². The van der Waals surface area contributed by atoms with Crippen LogP contribution < -0.4 is 10.1 Å². The second kappa shape index (κ2) is 8.63. The molecule has 2 aromatic carbocycles. The van der Waals surface area contributed by atoms with Crippen LogP contribution in [-0.2, 0) is 11.2 Å². The molecule has 6 heteroatoms. The fraction of sp³-hybridized carbons (Fsp3) is 0.211. The van der Waals surface area contributed by atoms with Crippen molar-refractivity contribution in [2.75, 3.05) is 13.7 Å². The maximum atomic E-state index is 11.9.